The Balaban J connectivity index is 2.26. The monoisotopic (exact) mass is 399 g/mol. The van der Waals surface area contributed by atoms with Gasteiger partial charge in [-0.1, -0.05) is 26.0 Å². The lowest BCUT2D eigenvalue weighted by Crippen LogP contribution is -2.39. The Morgan fingerprint density at radius 3 is 2.55 bits per heavy atom. The van der Waals surface area contributed by atoms with Crippen molar-refractivity contribution in [2.75, 3.05) is 20.8 Å². The van der Waals surface area contributed by atoms with Crippen LogP contribution in [0, 0.1) is 11.3 Å². The lowest BCUT2D eigenvalue weighted by Gasteiger charge is -2.39. The number of ether oxygens (including phenoxy) is 3. The number of hydrogen-bond acceptors (Lipinski definition) is 6. The minimum atomic E-state index is -0.681. The van der Waals surface area contributed by atoms with E-state index >= 15 is 0 Å². The van der Waals surface area contributed by atoms with Crippen LogP contribution in [0.4, 0.5) is 0 Å². The van der Waals surface area contributed by atoms with Crippen LogP contribution < -0.4 is 9.47 Å². The van der Waals surface area contributed by atoms with Crippen LogP contribution in [0.3, 0.4) is 0 Å². The van der Waals surface area contributed by atoms with Gasteiger partial charge in [0, 0.05) is 34.9 Å². The molecule has 6 nitrogen and oxygen atoms in total. The SMILES string of the molecule is CCOC(=O)C1C(C)=NC2=C(C(=O)CC(C)(C)C2)[C@@H]1c1cccc(OC)c1OC. The van der Waals surface area contributed by atoms with Crippen molar-refractivity contribution in [3.8, 4) is 11.5 Å². The molecule has 29 heavy (non-hydrogen) atoms. The number of nitrogens with zero attached hydrogens (tertiary/aromatic N) is 1. The Kier molecular flexibility index (Phi) is 5.82. The van der Waals surface area contributed by atoms with Crippen LogP contribution in [-0.2, 0) is 14.3 Å². The molecule has 1 aromatic rings. The molecular formula is C23H29NO5. The largest absolute Gasteiger partial charge is 0.493 e. The summed E-state index contributed by atoms with van der Waals surface area (Å²) in [6.07, 6.45) is 1.10. The van der Waals surface area contributed by atoms with E-state index in [0.29, 0.717) is 35.6 Å². The normalized spacial score (nSPS) is 23.2. The third-order valence-corrected chi connectivity index (χ3v) is 5.61. The number of hydrogen-bond donors (Lipinski definition) is 0. The van der Waals surface area contributed by atoms with Crippen LogP contribution in [-0.4, -0.2) is 38.3 Å². The van der Waals surface area contributed by atoms with Gasteiger partial charge in [0.1, 0.15) is 5.92 Å². The Bertz CT molecular complexity index is 897. The van der Waals surface area contributed by atoms with Crippen LogP contribution in [0.2, 0.25) is 0 Å². The number of para-hydroxylation sites is 1. The molecule has 156 valence electrons. The van der Waals surface area contributed by atoms with Gasteiger partial charge in [-0.3, -0.25) is 14.6 Å². The van der Waals surface area contributed by atoms with Crippen molar-refractivity contribution >= 4 is 17.5 Å². The van der Waals surface area contributed by atoms with Crippen molar-refractivity contribution in [3.63, 3.8) is 0 Å². The van der Waals surface area contributed by atoms with E-state index in [2.05, 4.69) is 13.8 Å². The fraction of sp³-hybridized carbons (Fsp3) is 0.522. The number of rotatable bonds is 5. The van der Waals surface area contributed by atoms with Crippen molar-refractivity contribution in [1.29, 1.82) is 0 Å². The van der Waals surface area contributed by atoms with Gasteiger partial charge in [-0.25, -0.2) is 0 Å². The summed E-state index contributed by atoms with van der Waals surface area (Å²) in [5.41, 5.74) is 2.58. The van der Waals surface area contributed by atoms with E-state index in [1.165, 1.54) is 0 Å². The van der Waals surface area contributed by atoms with Gasteiger partial charge in [0.2, 0.25) is 0 Å². The molecule has 0 saturated carbocycles. The van der Waals surface area contributed by atoms with E-state index in [1.54, 1.807) is 27.2 Å². The standard InChI is InChI=1S/C23H29NO5/c1-7-29-22(26)18-13(2)24-15-11-23(3,4)12-16(25)20(15)19(18)14-9-8-10-17(27-5)21(14)28-6/h8-10,18-19H,7,11-12H2,1-6H3/t18?,19-/m1/s1. The predicted molar refractivity (Wildman–Crippen MR) is 111 cm³/mol. The third kappa shape index (κ3) is 3.80. The zero-order valence-corrected chi connectivity index (χ0v) is 18.0. The molecule has 0 radical (unpaired) electrons. The molecule has 0 spiro atoms. The summed E-state index contributed by atoms with van der Waals surface area (Å²) < 4.78 is 16.5. The second-order valence-electron chi connectivity index (χ2n) is 8.34. The lowest BCUT2D eigenvalue weighted by molar-refractivity contribution is -0.146. The number of allylic oxidation sites excluding steroid dienone is 2. The number of Topliss-reactive ketones (excluding diaryl/α,β-unsaturated/α-hetero) is 1. The van der Waals surface area contributed by atoms with Gasteiger partial charge in [0.25, 0.3) is 0 Å². The molecule has 1 aliphatic carbocycles. The smallest absolute Gasteiger partial charge is 0.315 e. The predicted octanol–water partition coefficient (Wildman–Crippen LogP) is 4.08. The number of benzene rings is 1. The Labute approximate surface area is 171 Å². The quantitative estimate of drug-likeness (QED) is 0.698. The van der Waals surface area contributed by atoms with Gasteiger partial charge in [0.05, 0.1) is 20.8 Å². The van der Waals surface area contributed by atoms with E-state index in [0.717, 1.165) is 11.3 Å². The van der Waals surface area contributed by atoms with Crippen molar-refractivity contribution in [3.05, 3.63) is 35.0 Å². The average molecular weight is 399 g/mol. The highest BCUT2D eigenvalue weighted by Crippen LogP contribution is 2.50. The first-order chi connectivity index (χ1) is 13.7. The average Bonchev–Trinajstić information content (AvgIpc) is 2.65. The summed E-state index contributed by atoms with van der Waals surface area (Å²) >= 11 is 0. The maximum absolute atomic E-state index is 13.3. The number of carbonyl (C=O) groups excluding carboxylic acids is 2. The van der Waals surface area contributed by atoms with Crippen molar-refractivity contribution in [2.24, 2.45) is 16.3 Å². The van der Waals surface area contributed by atoms with Crippen LogP contribution in [0.15, 0.2) is 34.5 Å². The Morgan fingerprint density at radius 2 is 1.93 bits per heavy atom. The molecule has 2 atom stereocenters. The van der Waals surface area contributed by atoms with Gasteiger partial charge in [-0.15, -0.1) is 0 Å². The minimum absolute atomic E-state index is 0.0247. The summed E-state index contributed by atoms with van der Waals surface area (Å²) in [7, 11) is 3.13. The van der Waals surface area contributed by atoms with Crippen LogP contribution >= 0.6 is 0 Å². The van der Waals surface area contributed by atoms with Gasteiger partial charge in [-0.05, 0) is 31.7 Å². The first-order valence-electron chi connectivity index (χ1n) is 9.93. The Morgan fingerprint density at radius 1 is 1.21 bits per heavy atom. The maximum atomic E-state index is 13.3. The zero-order chi connectivity index (χ0) is 21.3. The summed E-state index contributed by atoms with van der Waals surface area (Å²) in [6, 6.07) is 5.53. The number of methoxy groups -OCH3 is 2. The van der Waals surface area contributed by atoms with Gasteiger partial charge >= 0.3 is 5.97 Å². The number of carbonyl (C=O) groups is 2. The van der Waals surface area contributed by atoms with Crippen molar-refractivity contribution < 1.29 is 23.8 Å². The third-order valence-electron chi connectivity index (χ3n) is 5.61. The first kappa shape index (κ1) is 21.1. The van der Waals surface area contributed by atoms with E-state index in [9.17, 15) is 9.59 Å². The van der Waals surface area contributed by atoms with E-state index in [-0.39, 0.29) is 23.8 Å². The van der Waals surface area contributed by atoms with Crippen LogP contribution in [0.1, 0.15) is 52.0 Å². The summed E-state index contributed by atoms with van der Waals surface area (Å²) in [4.78, 5) is 30.9. The van der Waals surface area contributed by atoms with Crippen LogP contribution in [0.25, 0.3) is 0 Å². The molecule has 1 aromatic carbocycles. The molecule has 3 rings (SSSR count). The second-order valence-corrected chi connectivity index (χ2v) is 8.34. The molecule has 1 heterocycles. The highest BCUT2D eigenvalue weighted by Gasteiger charge is 2.47. The second kappa shape index (κ2) is 8.01. The molecule has 0 amide bonds. The molecule has 0 bridgehead atoms. The zero-order valence-electron chi connectivity index (χ0n) is 18.0. The molecule has 1 unspecified atom stereocenters. The molecule has 0 fully saturated rings. The lowest BCUT2D eigenvalue weighted by atomic mass is 9.66. The maximum Gasteiger partial charge on any atom is 0.315 e. The van der Waals surface area contributed by atoms with Crippen LogP contribution in [0.5, 0.6) is 11.5 Å². The van der Waals surface area contributed by atoms with Gasteiger partial charge in [-0.2, -0.15) is 0 Å². The molecule has 0 aromatic heterocycles. The fourth-order valence-corrected chi connectivity index (χ4v) is 4.48. The minimum Gasteiger partial charge on any atom is -0.493 e. The molecule has 0 saturated heterocycles. The highest BCUT2D eigenvalue weighted by atomic mass is 16.5. The van der Waals surface area contributed by atoms with Crippen molar-refractivity contribution in [2.45, 2.75) is 46.5 Å². The fourth-order valence-electron chi connectivity index (χ4n) is 4.48. The first-order valence-corrected chi connectivity index (χ1v) is 9.93. The summed E-state index contributed by atoms with van der Waals surface area (Å²) in [5, 5.41) is 0. The van der Waals surface area contributed by atoms with E-state index in [1.807, 2.05) is 19.1 Å². The number of ketones is 1. The van der Waals surface area contributed by atoms with Gasteiger partial charge in [0.15, 0.2) is 17.3 Å². The highest BCUT2D eigenvalue weighted by molar-refractivity contribution is 6.09. The summed E-state index contributed by atoms with van der Waals surface area (Å²) in [5.74, 6) is -0.480. The number of esters is 1. The molecule has 6 heteroatoms. The molecule has 0 N–H and O–H groups in total. The number of aliphatic imine (C=N–C) groups is 1. The van der Waals surface area contributed by atoms with Crippen molar-refractivity contribution in [1.82, 2.24) is 0 Å². The molecular weight excluding hydrogens is 370 g/mol. The topological polar surface area (TPSA) is 74.2 Å². The van der Waals surface area contributed by atoms with Gasteiger partial charge < -0.3 is 14.2 Å². The Hall–Kier alpha value is -2.63. The van der Waals surface area contributed by atoms with E-state index in [4.69, 9.17) is 19.2 Å². The molecule has 2 aliphatic rings. The molecule has 1 aliphatic heterocycles. The summed E-state index contributed by atoms with van der Waals surface area (Å²) in [6.45, 7) is 8.00. The van der Waals surface area contributed by atoms with E-state index < -0.39 is 11.8 Å².